The van der Waals surface area contributed by atoms with Gasteiger partial charge in [-0.3, -0.25) is 0 Å². The monoisotopic (exact) mass is 374 g/mol. The Labute approximate surface area is 156 Å². The number of esters is 1. The van der Waals surface area contributed by atoms with Crippen LogP contribution in [0.1, 0.15) is 13.8 Å². The normalized spacial score (nSPS) is 12.0. The second-order valence-corrected chi connectivity index (χ2v) is 6.00. The number of fused-ring (bicyclic) bond motifs is 1. The van der Waals surface area contributed by atoms with Crippen LogP contribution in [0.3, 0.4) is 0 Å². The maximum Gasteiger partial charge on any atom is 0.347 e. The van der Waals surface area contributed by atoms with Crippen LogP contribution in [0.4, 0.5) is 0 Å². The molecule has 0 spiro atoms. The van der Waals surface area contributed by atoms with E-state index in [9.17, 15) is 4.79 Å². The van der Waals surface area contributed by atoms with Crippen molar-refractivity contribution in [3.8, 4) is 22.9 Å². The number of para-hydroxylation sites is 2. The molecule has 26 heavy (non-hydrogen) atoms. The fourth-order valence-corrected chi connectivity index (χ4v) is 2.79. The average molecular weight is 375 g/mol. The molecule has 1 heterocycles. The number of nitrogens with one attached hydrogen (secondary N) is 1. The van der Waals surface area contributed by atoms with E-state index in [4.69, 9.17) is 25.8 Å². The van der Waals surface area contributed by atoms with E-state index in [1.54, 1.807) is 26.0 Å². The molecule has 0 aliphatic heterocycles. The van der Waals surface area contributed by atoms with Gasteiger partial charge in [0.1, 0.15) is 5.82 Å². The van der Waals surface area contributed by atoms with E-state index in [1.165, 1.54) is 7.11 Å². The molecule has 1 unspecified atom stereocenters. The lowest BCUT2D eigenvalue weighted by Crippen LogP contribution is -2.26. The first kappa shape index (κ1) is 18.1. The summed E-state index contributed by atoms with van der Waals surface area (Å²) in [7, 11) is 1.52. The SMILES string of the molecule is CCOC(=O)C(C)Oc1cc(Cl)c(-c2nc3ccccc3[nH]2)cc1OC. The molecule has 0 fully saturated rings. The number of aromatic nitrogens is 2. The van der Waals surface area contributed by atoms with Crippen LogP contribution < -0.4 is 9.47 Å². The van der Waals surface area contributed by atoms with Gasteiger partial charge in [0.15, 0.2) is 17.6 Å². The van der Waals surface area contributed by atoms with Crippen LogP contribution in [0, 0.1) is 0 Å². The predicted octanol–water partition coefficient (Wildman–Crippen LogP) is 4.22. The molecular formula is C19H19ClN2O4. The highest BCUT2D eigenvalue weighted by Gasteiger charge is 2.20. The Morgan fingerprint density at radius 2 is 2.04 bits per heavy atom. The van der Waals surface area contributed by atoms with Crippen molar-refractivity contribution < 1.29 is 19.0 Å². The summed E-state index contributed by atoms with van der Waals surface area (Å²) in [6, 6.07) is 11.0. The molecule has 3 aromatic rings. The van der Waals surface area contributed by atoms with Crippen molar-refractivity contribution in [2.24, 2.45) is 0 Å². The highest BCUT2D eigenvalue weighted by Crippen LogP contribution is 2.38. The van der Waals surface area contributed by atoms with Gasteiger partial charge in [-0.05, 0) is 32.0 Å². The van der Waals surface area contributed by atoms with Crippen molar-refractivity contribution in [1.29, 1.82) is 0 Å². The fraction of sp³-hybridized carbons (Fsp3) is 0.263. The second kappa shape index (κ2) is 7.66. The second-order valence-electron chi connectivity index (χ2n) is 5.60. The highest BCUT2D eigenvalue weighted by atomic mass is 35.5. The Morgan fingerprint density at radius 1 is 1.27 bits per heavy atom. The van der Waals surface area contributed by atoms with Gasteiger partial charge in [0.2, 0.25) is 0 Å². The van der Waals surface area contributed by atoms with Crippen molar-refractivity contribution in [2.45, 2.75) is 20.0 Å². The van der Waals surface area contributed by atoms with E-state index in [0.717, 1.165) is 11.0 Å². The molecule has 6 nitrogen and oxygen atoms in total. The Balaban J connectivity index is 1.95. The zero-order chi connectivity index (χ0) is 18.7. The number of H-pyrrole nitrogens is 1. The largest absolute Gasteiger partial charge is 0.493 e. The third kappa shape index (κ3) is 3.60. The lowest BCUT2D eigenvalue weighted by Gasteiger charge is -2.17. The number of imidazole rings is 1. The number of carbonyl (C=O) groups is 1. The molecule has 0 amide bonds. The number of carbonyl (C=O) groups excluding carboxylic acids is 1. The lowest BCUT2D eigenvalue weighted by atomic mass is 10.2. The molecule has 0 aliphatic carbocycles. The number of benzene rings is 2. The maximum atomic E-state index is 11.8. The van der Waals surface area contributed by atoms with Gasteiger partial charge < -0.3 is 19.2 Å². The van der Waals surface area contributed by atoms with E-state index in [0.29, 0.717) is 27.9 Å². The van der Waals surface area contributed by atoms with Crippen LogP contribution >= 0.6 is 11.6 Å². The van der Waals surface area contributed by atoms with E-state index in [1.807, 2.05) is 24.3 Å². The number of nitrogens with zero attached hydrogens (tertiary/aromatic N) is 1. The number of halogens is 1. The van der Waals surface area contributed by atoms with E-state index in [-0.39, 0.29) is 6.61 Å². The molecule has 1 aromatic heterocycles. The standard InChI is InChI=1S/C19H19ClN2O4/c1-4-25-19(23)11(2)26-17-10-13(20)12(9-16(17)24-3)18-21-14-7-5-6-8-15(14)22-18/h5-11H,4H2,1-3H3,(H,21,22). The Kier molecular flexibility index (Phi) is 5.32. The first-order valence-electron chi connectivity index (χ1n) is 8.19. The van der Waals surface area contributed by atoms with Gasteiger partial charge in [0, 0.05) is 11.6 Å². The van der Waals surface area contributed by atoms with Crippen molar-refractivity contribution in [3.63, 3.8) is 0 Å². The van der Waals surface area contributed by atoms with Crippen LogP contribution in [0.15, 0.2) is 36.4 Å². The van der Waals surface area contributed by atoms with Crippen LogP contribution in [0.5, 0.6) is 11.5 Å². The van der Waals surface area contributed by atoms with Gasteiger partial charge in [-0.2, -0.15) is 0 Å². The van der Waals surface area contributed by atoms with E-state index < -0.39 is 12.1 Å². The van der Waals surface area contributed by atoms with Crippen molar-refractivity contribution >= 4 is 28.6 Å². The van der Waals surface area contributed by atoms with Crippen LogP contribution in [-0.4, -0.2) is 35.8 Å². The van der Waals surface area contributed by atoms with Gasteiger partial charge in [-0.15, -0.1) is 0 Å². The minimum Gasteiger partial charge on any atom is -0.493 e. The molecule has 3 rings (SSSR count). The van der Waals surface area contributed by atoms with Gasteiger partial charge in [-0.25, -0.2) is 9.78 Å². The number of aromatic amines is 1. The number of ether oxygens (including phenoxy) is 3. The van der Waals surface area contributed by atoms with E-state index in [2.05, 4.69) is 9.97 Å². The minimum atomic E-state index is -0.781. The summed E-state index contributed by atoms with van der Waals surface area (Å²) in [5.74, 6) is 0.977. The van der Waals surface area contributed by atoms with Crippen LogP contribution in [0.25, 0.3) is 22.4 Å². The molecule has 1 atom stereocenters. The maximum absolute atomic E-state index is 11.8. The summed E-state index contributed by atoms with van der Waals surface area (Å²) < 4.78 is 16.0. The zero-order valence-electron chi connectivity index (χ0n) is 14.7. The van der Waals surface area contributed by atoms with Gasteiger partial charge in [-0.1, -0.05) is 23.7 Å². The number of hydrogen-bond donors (Lipinski definition) is 1. The molecule has 136 valence electrons. The molecule has 2 aromatic carbocycles. The van der Waals surface area contributed by atoms with Crippen molar-refractivity contribution in [2.75, 3.05) is 13.7 Å². The molecule has 0 saturated heterocycles. The summed E-state index contributed by atoms with van der Waals surface area (Å²) in [4.78, 5) is 19.6. The van der Waals surface area contributed by atoms with Gasteiger partial charge in [0.25, 0.3) is 0 Å². The molecule has 0 radical (unpaired) electrons. The van der Waals surface area contributed by atoms with Crippen molar-refractivity contribution in [3.05, 3.63) is 41.4 Å². The molecule has 7 heteroatoms. The lowest BCUT2D eigenvalue weighted by molar-refractivity contribution is -0.150. The number of methoxy groups -OCH3 is 1. The average Bonchev–Trinajstić information content (AvgIpc) is 3.05. The third-order valence-electron chi connectivity index (χ3n) is 3.82. The van der Waals surface area contributed by atoms with Crippen molar-refractivity contribution in [1.82, 2.24) is 9.97 Å². The Hall–Kier alpha value is -2.73. The molecular weight excluding hydrogens is 356 g/mol. The summed E-state index contributed by atoms with van der Waals surface area (Å²) in [5.41, 5.74) is 2.43. The zero-order valence-corrected chi connectivity index (χ0v) is 15.5. The van der Waals surface area contributed by atoms with Gasteiger partial charge in [0.05, 0.1) is 29.8 Å². The topological polar surface area (TPSA) is 73.4 Å². The quantitative estimate of drug-likeness (QED) is 0.654. The first-order valence-corrected chi connectivity index (χ1v) is 8.57. The Bertz CT molecular complexity index is 905. The molecule has 0 aliphatic rings. The summed E-state index contributed by atoms with van der Waals surface area (Å²) in [5, 5.41) is 0.427. The smallest absolute Gasteiger partial charge is 0.347 e. The van der Waals surface area contributed by atoms with Crippen LogP contribution in [-0.2, 0) is 9.53 Å². The highest BCUT2D eigenvalue weighted by molar-refractivity contribution is 6.33. The first-order chi connectivity index (χ1) is 12.5. The molecule has 0 bridgehead atoms. The summed E-state index contributed by atoms with van der Waals surface area (Å²) in [6.45, 7) is 3.64. The van der Waals surface area contributed by atoms with Crippen LogP contribution in [0.2, 0.25) is 5.02 Å². The summed E-state index contributed by atoms with van der Waals surface area (Å²) >= 11 is 6.43. The third-order valence-corrected chi connectivity index (χ3v) is 4.13. The predicted molar refractivity (Wildman–Crippen MR) is 99.8 cm³/mol. The molecule has 1 N–H and O–H groups in total. The number of hydrogen-bond acceptors (Lipinski definition) is 5. The Morgan fingerprint density at radius 3 is 2.73 bits per heavy atom. The fourth-order valence-electron chi connectivity index (χ4n) is 2.55. The minimum absolute atomic E-state index is 0.287. The molecule has 0 saturated carbocycles. The summed E-state index contributed by atoms with van der Waals surface area (Å²) in [6.07, 6.45) is -0.781. The van der Waals surface area contributed by atoms with Gasteiger partial charge >= 0.3 is 5.97 Å². The van der Waals surface area contributed by atoms with E-state index >= 15 is 0 Å². The number of rotatable bonds is 6.